The number of nitrogens with two attached hydrogens (primary N) is 1. The summed E-state index contributed by atoms with van der Waals surface area (Å²) in [6.45, 7) is 2.59. The number of nitrogens with one attached hydrogen (secondary N) is 1. The third kappa shape index (κ3) is 4.77. The smallest absolute Gasteiger partial charge is 0.273 e. The molecule has 28 heavy (non-hydrogen) atoms. The number of piperidine rings is 1. The van der Waals surface area contributed by atoms with Gasteiger partial charge < -0.3 is 15.6 Å². The summed E-state index contributed by atoms with van der Waals surface area (Å²) in [7, 11) is 0. The number of carbonyl (C=O) groups is 1. The van der Waals surface area contributed by atoms with Crippen LogP contribution in [0.2, 0.25) is 0 Å². The van der Waals surface area contributed by atoms with Gasteiger partial charge in [-0.2, -0.15) is 0 Å². The molecule has 2 heterocycles. The van der Waals surface area contributed by atoms with Gasteiger partial charge in [0.1, 0.15) is 5.76 Å². The van der Waals surface area contributed by atoms with Gasteiger partial charge >= 0.3 is 0 Å². The number of carbonyl (C=O) groups excluding carboxylic acids is 1. The van der Waals surface area contributed by atoms with E-state index in [2.05, 4.69) is 39.0 Å². The van der Waals surface area contributed by atoms with Crippen LogP contribution in [-0.2, 0) is 0 Å². The van der Waals surface area contributed by atoms with Gasteiger partial charge in [-0.1, -0.05) is 47.4 Å². The molecule has 2 aliphatic rings. The fourth-order valence-electron chi connectivity index (χ4n) is 3.73. The maximum atomic E-state index is 12.8. The molecule has 3 N–H and O–H groups in total. The number of aromatic nitrogens is 1. The van der Waals surface area contributed by atoms with Crippen LogP contribution >= 0.6 is 11.9 Å². The van der Waals surface area contributed by atoms with E-state index in [1.807, 2.05) is 24.1 Å². The Kier molecular flexibility index (Phi) is 6.34. The quantitative estimate of drug-likeness (QED) is 0.523. The van der Waals surface area contributed by atoms with Crippen LogP contribution < -0.4 is 11.1 Å². The maximum Gasteiger partial charge on any atom is 0.273 e. The Hall–Kier alpha value is -1.83. The molecule has 1 aliphatic heterocycles. The maximum absolute atomic E-state index is 12.8. The van der Waals surface area contributed by atoms with Crippen LogP contribution in [0.5, 0.6) is 0 Å². The topological polar surface area (TPSA) is 84.4 Å². The van der Waals surface area contributed by atoms with E-state index >= 15 is 0 Å². The van der Waals surface area contributed by atoms with E-state index in [-0.39, 0.29) is 17.9 Å². The van der Waals surface area contributed by atoms with Crippen LogP contribution in [0.3, 0.4) is 0 Å². The molecular formula is C21H28N4O2S. The second kappa shape index (κ2) is 9.11. The average Bonchev–Trinajstić information content (AvgIpc) is 3.46. The highest BCUT2D eigenvalue weighted by Gasteiger charge is 2.33. The predicted molar refractivity (Wildman–Crippen MR) is 111 cm³/mol. The number of nitrogens with zero attached hydrogens (tertiary/aromatic N) is 2. The first kappa shape index (κ1) is 19.5. The molecule has 4 rings (SSSR count). The van der Waals surface area contributed by atoms with E-state index in [0.29, 0.717) is 11.6 Å². The van der Waals surface area contributed by atoms with E-state index in [0.717, 1.165) is 56.8 Å². The summed E-state index contributed by atoms with van der Waals surface area (Å²) >= 11 is 1.86. The normalized spacial score (nSPS) is 22.9. The largest absolute Gasteiger partial charge is 0.360 e. The third-order valence-electron chi connectivity index (χ3n) is 5.48. The molecule has 1 aliphatic carbocycles. The van der Waals surface area contributed by atoms with Crippen molar-refractivity contribution in [1.29, 1.82) is 0 Å². The molecule has 7 heteroatoms. The zero-order valence-corrected chi connectivity index (χ0v) is 16.9. The molecule has 0 spiro atoms. The van der Waals surface area contributed by atoms with E-state index in [1.54, 1.807) is 0 Å². The zero-order valence-electron chi connectivity index (χ0n) is 16.0. The minimum Gasteiger partial charge on any atom is -0.360 e. The number of hydrogen-bond acceptors (Lipinski definition) is 6. The number of benzene rings is 1. The second-order valence-electron chi connectivity index (χ2n) is 7.64. The average molecular weight is 401 g/mol. The van der Waals surface area contributed by atoms with Crippen molar-refractivity contribution >= 4 is 17.9 Å². The first-order chi connectivity index (χ1) is 13.7. The molecule has 1 aromatic heterocycles. The highest BCUT2D eigenvalue weighted by Crippen LogP contribution is 2.40. The Morgan fingerprint density at radius 3 is 2.86 bits per heavy atom. The van der Waals surface area contributed by atoms with Crippen molar-refractivity contribution in [2.45, 2.75) is 43.6 Å². The molecular weight excluding hydrogens is 372 g/mol. The van der Waals surface area contributed by atoms with Gasteiger partial charge in [0.05, 0.1) is 0 Å². The summed E-state index contributed by atoms with van der Waals surface area (Å²) in [6, 6.07) is 12.4. The van der Waals surface area contributed by atoms with Gasteiger partial charge in [-0.3, -0.25) is 4.79 Å². The SMILES string of the molecule is NCCCSN1CCC(NC(=O)c2cc(C3CC3)on2)C(c2ccccc2)C1. The van der Waals surface area contributed by atoms with Gasteiger partial charge in [-0.25, -0.2) is 4.31 Å². The van der Waals surface area contributed by atoms with Crippen molar-refractivity contribution in [3.63, 3.8) is 0 Å². The molecule has 0 bridgehead atoms. The van der Waals surface area contributed by atoms with E-state index < -0.39 is 0 Å². The minimum absolute atomic E-state index is 0.0855. The van der Waals surface area contributed by atoms with Crippen LogP contribution in [0, 0.1) is 0 Å². The Morgan fingerprint density at radius 1 is 1.29 bits per heavy atom. The van der Waals surface area contributed by atoms with Crippen molar-refractivity contribution < 1.29 is 9.32 Å². The first-order valence-corrected chi connectivity index (χ1v) is 11.1. The van der Waals surface area contributed by atoms with Crippen LogP contribution in [0.1, 0.15) is 59.3 Å². The van der Waals surface area contributed by atoms with Crippen molar-refractivity contribution in [1.82, 2.24) is 14.8 Å². The van der Waals surface area contributed by atoms with Crippen LogP contribution in [0.15, 0.2) is 40.9 Å². The highest BCUT2D eigenvalue weighted by molar-refractivity contribution is 7.97. The Labute approximate surface area is 170 Å². The lowest BCUT2D eigenvalue weighted by Gasteiger charge is -2.38. The van der Waals surface area contributed by atoms with Gasteiger partial charge in [0.25, 0.3) is 5.91 Å². The monoisotopic (exact) mass is 400 g/mol. The molecule has 2 fully saturated rings. The molecule has 1 saturated carbocycles. The fourth-order valence-corrected chi connectivity index (χ4v) is 4.78. The molecule has 2 aromatic rings. The lowest BCUT2D eigenvalue weighted by molar-refractivity contribution is 0.0906. The second-order valence-corrected chi connectivity index (χ2v) is 8.82. The molecule has 2 unspecified atom stereocenters. The van der Waals surface area contributed by atoms with E-state index in [4.69, 9.17) is 10.3 Å². The van der Waals surface area contributed by atoms with Gasteiger partial charge in [0.2, 0.25) is 0 Å². The number of rotatable bonds is 8. The Morgan fingerprint density at radius 2 is 2.11 bits per heavy atom. The first-order valence-electron chi connectivity index (χ1n) is 10.1. The van der Waals surface area contributed by atoms with Crippen molar-refractivity contribution in [2.75, 3.05) is 25.4 Å². The standard InChI is InChI=1S/C21H28N4O2S/c22-10-4-12-28-25-11-9-18(17(14-25)15-5-2-1-3-6-15)23-21(26)19-13-20(27-24-19)16-7-8-16/h1-3,5-6,13,16-18H,4,7-12,14,22H2,(H,23,26). The summed E-state index contributed by atoms with van der Waals surface area (Å²) in [6.07, 6.45) is 4.19. The van der Waals surface area contributed by atoms with E-state index in [9.17, 15) is 4.79 Å². The van der Waals surface area contributed by atoms with Gasteiger partial charge in [0, 0.05) is 42.8 Å². The molecule has 150 valence electrons. The lowest BCUT2D eigenvalue weighted by Crippen LogP contribution is -2.48. The summed E-state index contributed by atoms with van der Waals surface area (Å²) in [5.41, 5.74) is 7.28. The van der Waals surface area contributed by atoms with Gasteiger partial charge in [-0.15, -0.1) is 0 Å². The van der Waals surface area contributed by atoms with Crippen molar-refractivity contribution in [3.8, 4) is 0 Å². The third-order valence-corrected chi connectivity index (χ3v) is 6.65. The van der Waals surface area contributed by atoms with Gasteiger partial charge in [0.15, 0.2) is 5.69 Å². The molecule has 2 atom stereocenters. The van der Waals surface area contributed by atoms with Crippen LogP contribution in [-0.4, -0.2) is 46.8 Å². The Balaban J connectivity index is 1.43. The molecule has 1 saturated heterocycles. The number of hydrogen-bond donors (Lipinski definition) is 2. The summed E-state index contributed by atoms with van der Waals surface area (Å²) < 4.78 is 7.76. The predicted octanol–water partition coefficient (Wildman–Crippen LogP) is 3.14. The fraction of sp³-hybridized carbons (Fsp3) is 0.524. The van der Waals surface area contributed by atoms with Crippen molar-refractivity contribution in [2.24, 2.45) is 5.73 Å². The van der Waals surface area contributed by atoms with Gasteiger partial charge in [-0.05, 0) is 37.8 Å². The molecule has 1 amide bonds. The lowest BCUT2D eigenvalue weighted by atomic mass is 9.87. The van der Waals surface area contributed by atoms with Crippen LogP contribution in [0.4, 0.5) is 0 Å². The van der Waals surface area contributed by atoms with Crippen LogP contribution in [0.25, 0.3) is 0 Å². The number of amides is 1. The zero-order chi connectivity index (χ0) is 19.3. The van der Waals surface area contributed by atoms with Crippen molar-refractivity contribution in [3.05, 3.63) is 53.4 Å². The molecule has 6 nitrogen and oxygen atoms in total. The molecule has 1 aromatic carbocycles. The highest BCUT2D eigenvalue weighted by atomic mass is 32.2. The summed E-state index contributed by atoms with van der Waals surface area (Å²) in [4.78, 5) is 12.8. The summed E-state index contributed by atoms with van der Waals surface area (Å²) in [5, 5.41) is 7.22. The minimum atomic E-state index is -0.134. The summed E-state index contributed by atoms with van der Waals surface area (Å²) in [5.74, 6) is 2.46. The molecule has 0 radical (unpaired) electrons. The Bertz CT molecular complexity index is 778. The van der Waals surface area contributed by atoms with E-state index in [1.165, 1.54) is 5.56 Å².